The minimum Gasteiger partial charge on any atom is -0.479 e. The molecule has 2 aromatic carbocycles. The molecule has 2 N–H and O–H groups in total. The average molecular weight is 403 g/mol. The molecule has 0 unspecified atom stereocenters. The van der Waals surface area contributed by atoms with Gasteiger partial charge in [-0.3, -0.25) is 9.59 Å². The van der Waals surface area contributed by atoms with Gasteiger partial charge < -0.3 is 15.4 Å². The highest BCUT2D eigenvalue weighted by molar-refractivity contribution is 7.89. The van der Waals surface area contributed by atoms with E-state index in [1.807, 2.05) is 6.07 Å². The molecule has 0 saturated heterocycles. The number of benzene rings is 2. The third-order valence-corrected chi connectivity index (χ3v) is 6.27. The van der Waals surface area contributed by atoms with E-state index in [9.17, 15) is 18.0 Å². The Morgan fingerprint density at radius 2 is 1.93 bits per heavy atom. The van der Waals surface area contributed by atoms with Gasteiger partial charge in [-0.1, -0.05) is 18.2 Å². The first-order valence-electron chi connectivity index (χ1n) is 8.62. The fourth-order valence-electron chi connectivity index (χ4n) is 2.80. The Balaban J connectivity index is 1.81. The van der Waals surface area contributed by atoms with Crippen molar-refractivity contribution in [3.63, 3.8) is 0 Å². The highest BCUT2D eigenvalue weighted by Gasteiger charge is 2.30. The van der Waals surface area contributed by atoms with Crippen molar-refractivity contribution in [3.8, 4) is 5.75 Å². The van der Waals surface area contributed by atoms with Gasteiger partial charge >= 0.3 is 0 Å². The van der Waals surface area contributed by atoms with Crippen LogP contribution in [0.1, 0.15) is 12.5 Å². The van der Waals surface area contributed by atoms with Crippen molar-refractivity contribution in [2.45, 2.75) is 24.8 Å². The molecule has 1 heterocycles. The molecule has 28 heavy (non-hydrogen) atoms. The van der Waals surface area contributed by atoms with Crippen LogP contribution in [0.15, 0.2) is 47.4 Å². The third kappa shape index (κ3) is 4.00. The second kappa shape index (κ2) is 7.61. The third-order valence-electron chi connectivity index (χ3n) is 4.32. The lowest BCUT2D eigenvalue weighted by atomic mass is 10.1. The quantitative estimate of drug-likeness (QED) is 0.794. The zero-order valence-electron chi connectivity index (χ0n) is 15.7. The van der Waals surface area contributed by atoms with E-state index in [0.29, 0.717) is 16.9 Å². The van der Waals surface area contributed by atoms with Gasteiger partial charge in [0.05, 0.1) is 17.1 Å². The normalized spacial score (nSPS) is 16.1. The van der Waals surface area contributed by atoms with Crippen LogP contribution in [0, 0.1) is 6.92 Å². The van der Waals surface area contributed by atoms with E-state index >= 15 is 0 Å². The molecule has 0 aliphatic carbocycles. The Bertz CT molecular complexity index is 1020. The summed E-state index contributed by atoms with van der Waals surface area (Å²) < 4.78 is 32.4. The molecule has 0 saturated carbocycles. The molecule has 1 atom stereocenters. The van der Waals surface area contributed by atoms with Crippen LogP contribution >= 0.6 is 0 Å². The standard InChI is InChI=1S/C19H21N3O5S/c1-12-9-15-16(27-13(2)19(24)21-15)10-17(12)28(25,26)22(3)11-18(23)20-14-7-5-4-6-8-14/h4-10,13H,11H2,1-3H3,(H,20,23)(H,21,24)/t13-/m0/s1. The Hall–Kier alpha value is -2.91. The molecule has 148 valence electrons. The second-order valence-corrected chi connectivity index (χ2v) is 8.55. The Kier molecular flexibility index (Phi) is 5.39. The molecule has 0 radical (unpaired) electrons. The highest BCUT2D eigenvalue weighted by atomic mass is 32.2. The zero-order chi connectivity index (χ0) is 20.5. The van der Waals surface area contributed by atoms with Crippen molar-refractivity contribution >= 4 is 33.2 Å². The molecule has 1 aliphatic heterocycles. The summed E-state index contributed by atoms with van der Waals surface area (Å²) >= 11 is 0. The number of nitrogens with zero attached hydrogens (tertiary/aromatic N) is 1. The monoisotopic (exact) mass is 403 g/mol. The first-order valence-corrected chi connectivity index (χ1v) is 10.1. The van der Waals surface area contributed by atoms with Crippen LogP contribution in [0.2, 0.25) is 0 Å². The fourth-order valence-corrected chi connectivity index (χ4v) is 4.14. The number of fused-ring (bicyclic) bond motifs is 1. The summed E-state index contributed by atoms with van der Waals surface area (Å²) in [5.74, 6) is -0.472. The number of aryl methyl sites for hydroxylation is 1. The number of anilines is 2. The van der Waals surface area contributed by atoms with Gasteiger partial charge in [0.1, 0.15) is 5.75 Å². The van der Waals surface area contributed by atoms with Gasteiger partial charge in [0.2, 0.25) is 15.9 Å². The van der Waals surface area contributed by atoms with Crippen molar-refractivity contribution in [2.75, 3.05) is 24.2 Å². The molecular weight excluding hydrogens is 382 g/mol. The Morgan fingerprint density at radius 1 is 1.25 bits per heavy atom. The largest absolute Gasteiger partial charge is 0.479 e. The average Bonchev–Trinajstić information content (AvgIpc) is 2.63. The minimum absolute atomic E-state index is 0.0182. The molecule has 3 rings (SSSR count). The van der Waals surface area contributed by atoms with Crippen molar-refractivity contribution in [2.24, 2.45) is 0 Å². The van der Waals surface area contributed by atoms with Gasteiger partial charge in [-0.05, 0) is 37.6 Å². The smallest absolute Gasteiger partial charge is 0.265 e. The van der Waals surface area contributed by atoms with Gasteiger partial charge in [-0.25, -0.2) is 8.42 Å². The predicted molar refractivity (Wildman–Crippen MR) is 105 cm³/mol. The molecule has 0 fully saturated rings. The summed E-state index contributed by atoms with van der Waals surface area (Å²) in [5.41, 5.74) is 1.44. The van der Waals surface area contributed by atoms with Crippen LogP contribution in [0.3, 0.4) is 0 Å². The maximum absolute atomic E-state index is 13.0. The number of carbonyl (C=O) groups is 2. The zero-order valence-corrected chi connectivity index (χ0v) is 16.5. The molecule has 0 bridgehead atoms. The number of para-hydroxylation sites is 1. The molecule has 8 nitrogen and oxygen atoms in total. The van der Waals surface area contributed by atoms with Gasteiger partial charge in [0.25, 0.3) is 5.91 Å². The van der Waals surface area contributed by atoms with E-state index in [2.05, 4.69) is 10.6 Å². The van der Waals surface area contributed by atoms with Crippen molar-refractivity contribution in [1.82, 2.24) is 4.31 Å². The van der Waals surface area contributed by atoms with E-state index in [0.717, 1.165) is 4.31 Å². The number of sulfonamides is 1. The molecule has 0 spiro atoms. The van der Waals surface area contributed by atoms with Crippen LogP contribution in [0.25, 0.3) is 0 Å². The molecule has 0 aromatic heterocycles. The minimum atomic E-state index is -3.94. The van der Waals surface area contributed by atoms with Gasteiger partial charge in [-0.2, -0.15) is 4.31 Å². The summed E-state index contributed by atoms with van der Waals surface area (Å²) in [6.07, 6.45) is -0.722. The maximum Gasteiger partial charge on any atom is 0.265 e. The predicted octanol–water partition coefficient (Wildman–Crippen LogP) is 1.97. The second-order valence-electron chi connectivity index (χ2n) is 6.54. The number of amides is 2. The van der Waals surface area contributed by atoms with E-state index in [1.54, 1.807) is 44.2 Å². The number of likely N-dealkylation sites (N-methyl/N-ethyl adjacent to an activating group) is 1. The summed E-state index contributed by atoms with van der Waals surface area (Å²) in [7, 11) is -2.60. The number of ether oxygens (including phenoxy) is 1. The lowest BCUT2D eigenvalue weighted by Crippen LogP contribution is -2.36. The van der Waals surface area contributed by atoms with Crippen LogP contribution < -0.4 is 15.4 Å². The van der Waals surface area contributed by atoms with Gasteiger partial charge in [0, 0.05) is 18.8 Å². The van der Waals surface area contributed by atoms with E-state index in [1.165, 1.54) is 13.1 Å². The maximum atomic E-state index is 13.0. The summed E-state index contributed by atoms with van der Waals surface area (Å²) in [6.45, 7) is 2.85. The number of carbonyl (C=O) groups excluding carboxylic acids is 2. The van der Waals surface area contributed by atoms with Crippen LogP contribution in [0.5, 0.6) is 5.75 Å². The van der Waals surface area contributed by atoms with E-state index in [4.69, 9.17) is 4.74 Å². The topological polar surface area (TPSA) is 105 Å². The van der Waals surface area contributed by atoms with Gasteiger partial charge in [-0.15, -0.1) is 0 Å². The van der Waals surface area contributed by atoms with Crippen molar-refractivity contribution in [3.05, 3.63) is 48.0 Å². The summed E-state index contributed by atoms with van der Waals surface area (Å²) in [5, 5.41) is 5.34. The van der Waals surface area contributed by atoms with Crippen LogP contribution in [0.4, 0.5) is 11.4 Å². The first-order chi connectivity index (χ1) is 13.2. The van der Waals surface area contributed by atoms with Crippen LogP contribution in [-0.4, -0.2) is 44.2 Å². The highest BCUT2D eigenvalue weighted by Crippen LogP contribution is 2.35. The molecule has 2 amide bonds. The number of nitrogens with one attached hydrogen (secondary N) is 2. The number of rotatable bonds is 5. The molecule has 1 aliphatic rings. The first kappa shape index (κ1) is 19.8. The molecule has 9 heteroatoms. The Morgan fingerprint density at radius 3 is 2.61 bits per heavy atom. The Labute approximate surface area is 163 Å². The summed E-state index contributed by atoms with van der Waals surface area (Å²) in [6, 6.07) is 11.7. The lowest BCUT2D eigenvalue weighted by molar-refractivity contribution is -0.122. The summed E-state index contributed by atoms with van der Waals surface area (Å²) in [4.78, 5) is 23.9. The SMILES string of the molecule is Cc1cc2c(cc1S(=O)(=O)N(C)CC(=O)Nc1ccccc1)O[C@@H](C)C(=O)N2. The van der Waals surface area contributed by atoms with Crippen molar-refractivity contribution < 1.29 is 22.7 Å². The lowest BCUT2D eigenvalue weighted by Gasteiger charge is -2.25. The molecular formula is C19H21N3O5S. The fraction of sp³-hybridized carbons (Fsp3) is 0.263. The van der Waals surface area contributed by atoms with Crippen LogP contribution in [-0.2, 0) is 19.6 Å². The molecule has 2 aromatic rings. The van der Waals surface area contributed by atoms with Gasteiger partial charge in [0.15, 0.2) is 6.10 Å². The van der Waals surface area contributed by atoms with Crippen molar-refractivity contribution in [1.29, 1.82) is 0 Å². The van der Waals surface area contributed by atoms with E-state index in [-0.39, 0.29) is 23.1 Å². The number of hydrogen-bond acceptors (Lipinski definition) is 5. The van der Waals surface area contributed by atoms with E-state index < -0.39 is 22.0 Å². The number of hydrogen-bond donors (Lipinski definition) is 2.